The van der Waals surface area contributed by atoms with Crippen LogP contribution in [0.25, 0.3) is 0 Å². The molecule has 23 heavy (non-hydrogen) atoms. The molecular formula is C15H22N3O4S+. The summed E-state index contributed by atoms with van der Waals surface area (Å²) in [6.07, 6.45) is 0.557. The molecule has 126 valence electrons. The topological polar surface area (TPSA) is 96.8 Å². The van der Waals surface area contributed by atoms with Crippen LogP contribution in [0.15, 0.2) is 30.3 Å². The molecule has 1 unspecified atom stereocenters. The fourth-order valence-electron chi connectivity index (χ4n) is 2.57. The molecular weight excluding hydrogens is 318 g/mol. The van der Waals surface area contributed by atoms with Gasteiger partial charge in [0.15, 0.2) is 16.4 Å². The van der Waals surface area contributed by atoms with Gasteiger partial charge in [-0.25, -0.2) is 13.2 Å². The van der Waals surface area contributed by atoms with Gasteiger partial charge in [0.2, 0.25) is 0 Å². The second-order valence-electron chi connectivity index (χ2n) is 5.84. The van der Waals surface area contributed by atoms with Crippen molar-refractivity contribution in [2.24, 2.45) is 0 Å². The number of hydrogen-bond donors (Lipinski definition) is 3. The zero-order valence-corrected chi connectivity index (χ0v) is 13.9. The number of likely N-dealkylation sites (N-methyl/N-ethyl adjacent to an activating group) is 1. The third-order valence-electron chi connectivity index (χ3n) is 3.92. The molecule has 8 heteroatoms. The molecule has 1 aromatic carbocycles. The number of urea groups is 1. The molecule has 1 aromatic rings. The first-order valence-electron chi connectivity index (χ1n) is 7.50. The van der Waals surface area contributed by atoms with Crippen molar-refractivity contribution in [1.29, 1.82) is 0 Å². The largest absolute Gasteiger partial charge is 0.334 e. The van der Waals surface area contributed by atoms with Gasteiger partial charge in [0, 0.05) is 13.0 Å². The first-order chi connectivity index (χ1) is 10.9. The number of carbonyl (C=O) groups is 2. The smallest absolute Gasteiger partial charge is 0.321 e. The van der Waals surface area contributed by atoms with E-state index in [0.29, 0.717) is 13.0 Å². The van der Waals surface area contributed by atoms with Crippen molar-refractivity contribution in [2.75, 3.05) is 25.1 Å². The molecule has 0 saturated carbocycles. The Labute approximate surface area is 136 Å². The summed E-state index contributed by atoms with van der Waals surface area (Å²) in [6.45, 7) is 0.405. The fourth-order valence-corrected chi connectivity index (χ4v) is 4.45. The highest BCUT2D eigenvalue weighted by molar-refractivity contribution is 7.91. The van der Waals surface area contributed by atoms with Crippen molar-refractivity contribution >= 4 is 21.8 Å². The monoisotopic (exact) mass is 340 g/mol. The molecule has 7 nitrogen and oxygen atoms in total. The van der Waals surface area contributed by atoms with Gasteiger partial charge in [0.05, 0.1) is 12.8 Å². The zero-order chi connectivity index (χ0) is 16.9. The van der Waals surface area contributed by atoms with Gasteiger partial charge in [-0.05, 0) is 5.56 Å². The van der Waals surface area contributed by atoms with E-state index in [9.17, 15) is 18.0 Å². The van der Waals surface area contributed by atoms with Crippen LogP contribution in [0.1, 0.15) is 12.0 Å². The molecule has 0 radical (unpaired) electrons. The Morgan fingerprint density at radius 2 is 1.96 bits per heavy atom. The van der Waals surface area contributed by atoms with Crippen LogP contribution in [0, 0.1) is 0 Å². The van der Waals surface area contributed by atoms with Gasteiger partial charge >= 0.3 is 6.03 Å². The van der Waals surface area contributed by atoms with Crippen LogP contribution in [0.4, 0.5) is 4.79 Å². The average molecular weight is 340 g/mol. The van der Waals surface area contributed by atoms with E-state index >= 15 is 0 Å². The standard InChI is InChI=1S/C15H21N3O4S/c1-18(13-7-8-23(21,22)11-13)10-14(19)17-15(20)16-9-12-5-3-2-4-6-12/h2-6,13H,7-11H2,1H3,(H2,16,17,19,20)/p+1/t13-/m1/s1. The van der Waals surface area contributed by atoms with E-state index in [2.05, 4.69) is 10.6 Å². The molecule has 2 rings (SSSR count). The second-order valence-corrected chi connectivity index (χ2v) is 8.07. The predicted molar refractivity (Wildman–Crippen MR) is 85.6 cm³/mol. The number of nitrogens with one attached hydrogen (secondary N) is 3. The van der Waals surface area contributed by atoms with Crippen molar-refractivity contribution in [1.82, 2.24) is 10.6 Å². The molecule has 1 saturated heterocycles. The summed E-state index contributed by atoms with van der Waals surface area (Å²) in [5.41, 5.74) is 0.939. The van der Waals surface area contributed by atoms with Crippen molar-refractivity contribution < 1.29 is 22.9 Å². The summed E-state index contributed by atoms with van der Waals surface area (Å²) < 4.78 is 22.9. The summed E-state index contributed by atoms with van der Waals surface area (Å²) in [5, 5.41) is 4.88. The Balaban J connectivity index is 1.72. The highest BCUT2D eigenvalue weighted by atomic mass is 32.2. The molecule has 1 aliphatic rings. The third-order valence-corrected chi connectivity index (χ3v) is 5.69. The van der Waals surface area contributed by atoms with Gasteiger partial charge in [0.1, 0.15) is 11.8 Å². The maximum atomic E-state index is 11.9. The van der Waals surface area contributed by atoms with Crippen LogP contribution in [-0.4, -0.2) is 51.5 Å². The highest BCUT2D eigenvalue weighted by Gasteiger charge is 2.34. The van der Waals surface area contributed by atoms with E-state index in [1.54, 1.807) is 7.05 Å². The van der Waals surface area contributed by atoms with Crippen molar-refractivity contribution in [2.45, 2.75) is 19.0 Å². The maximum absolute atomic E-state index is 11.9. The van der Waals surface area contributed by atoms with E-state index in [-0.39, 0.29) is 24.1 Å². The normalized spacial score (nSPS) is 20.7. The van der Waals surface area contributed by atoms with Gasteiger partial charge in [-0.15, -0.1) is 0 Å². The Hall–Kier alpha value is -1.93. The molecule has 3 N–H and O–H groups in total. The number of sulfone groups is 1. The summed E-state index contributed by atoms with van der Waals surface area (Å²) >= 11 is 0. The van der Waals surface area contributed by atoms with Gasteiger partial charge in [-0.1, -0.05) is 30.3 Å². The zero-order valence-electron chi connectivity index (χ0n) is 13.0. The summed E-state index contributed by atoms with van der Waals surface area (Å²) in [4.78, 5) is 24.3. The van der Waals surface area contributed by atoms with Gasteiger partial charge in [-0.2, -0.15) is 0 Å². The van der Waals surface area contributed by atoms with E-state index in [0.717, 1.165) is 10.5 Å². The van der Waals surface area contributed by atoms with E-state index < -0.39 is 21.8 Å². The van der Waals surface area contributed by atoms with E-state index in [4.69, 9.17) is 0 Å². The fraction of sp³-hybridized carbons (Fsp3) is 0.467. The molecule has 0 aliphatic carbocycles. The Bertz CT molecular complexity index is 661. The summed E-state index contributed by atoms with van der Waals surface area (Å²) in [7, 11) is -1.20. The quantitative estimate of drug-likeness (QED) is 0.622. The molecule has 0 bridgehead atoms. The van der Waals surface area contributed by atoms with Gasteiger partial charge < -0.3 is 10.2 Å². The first-order valence-corrected chi connectivity index (χ1v) is 9.32. The second kappa shape index (κ2) is 7.56. The molecule has 1 heterocycles. The Kier molecular flexibility index (Phi) is 5.73. The lowest BCUT2D eigenvalue weighted by Gasteiger charge is -2.19. The van der Waals surface area contributed by atoms with Crippen LogP contribution in [0.3, 0.4) is 0 Å². The number of carbonyl (C=O) groups excluding carboxylic acids is 2. The van der Waals surface area contributed by atoms with Crippen molar-refractivity contribution in [3.05, 3.63) is 35.9 Å². The van der Waals surface area contributed by atoms with Crippen LogP contribution in [0.2, 0.25) is 0 Å². The Morgan fingerprint density at radius 1 is 1.26 bits per heavy atom. The SMILES string of the molecule is C[NH+](CC(=O)NC(=O)NCc1ccccc1)[C@@H]1CCS(=O)(=O)C1. The number of rotatable bonds is 5. The summed E-state index contributed by atoms with van der Waals surface area (Å²) in [5.74, 6) is -0.141. The Morgan fingerprint density at radius 3 is 2.57 bits per heavy atom. The van der Waals surface area contributed by atoms with Crippen LogP contribution in [0.5, 0.6) is 0 Å². The van der Waals surface area contributed by atoms with E-state index in [1.807, 2.05) is 30.3 Å². The minimum atomic E-state index is -2.97. The lowest BCUT2D eigenvalue weighted by atomic mass is 10.2. The molecule has 3 amide bonds. The average Bonchev–Trinajstić information content (AvgIpc) is 2.86. The first kappa shape index (κ1) is 17.4. The number of imide groups is 1. The minimum absolute atomic E-state index is 0.0684. The van der Waals surface area contributed by atoms with Crippen molar-refractivity contribution in [3.8, 4) is 0 Å². The van der Waals surface area contributed by atoms with Gasteiger partial charge in [0.25, 0.3) is 5.91 Å². The lowest BCUT2D eigenvalue weighted by Crippen LogP contribution is -3.14. The number of hydrogen-bond acceptors (Lipinski definition) is 4. The number of benzene rings is 1. The van der Waals surface area contributed by atoms with Crippen LogP contribution >= 0.6 is 0 Å². The molecule has 1 fully saturated rings. The minimum Gasteiger partial charge on any atom is -0.334 e. The molecule has 0 spiro atoms. The molecule has 2 atom stereocenters. The predicted octanol–water partition coefficient (Wildman–Crippen LogP) is -1.29. The molecule has 0 aromatic heterocycles. The summed E-state index contributed by atoms with van der Waals surface area (Å²) in [6, 6.07) is 8.74. The van der Waals surface area contributed by atoms with Crippen LogP contribution in [-0.2, 0) is 21.2 Å². The van der Waals surface area contributed by atoms with Crippen molar-refractivity contribution in [3.63, 3.8) is 0 Å². The van der Waals surface area contributed by atoms with Gasteiger partial charge in [-0.3, -0.25) is 10.1 Å². The highest BCUT2D eigenvalue weighted by Crippen LogP contribution is 2.08. The maximum Gasteiger partial charge on any atom is 0.321 e. The molecule has 1 aliphatic heterocycles. The number of amides is 3. The number of quaternary nitrogens is 1. The van der Waals surface area contributed by atoms with Crippen LogP contribution < -0.4 is 15.5 Å². The van der Waals surface area contributed by atoms with E-state index in [1.165, 1.54) is 0 Å². The lowest BCUT2D eigenvalue weighted by molar-refractivity contribution is -0.894. The third kappa shape index (κ3) is 5.65.